The van der Waals surface area contributed by atoms with E-state index in [1.54, 1.807) is 6.20 Å². The molecule has 0 saturated heterocycles. The first kappa shape index (κ1) is 17.7. The Hall–Kier alpha value is -3.14. The zero-order valence-electron chi connectivity index (χ0n) is 15.1. The van der Waals surface area contributed by atoms with Crippen LogP contribution in [0.5, 0.6) is 0 Å². The molecule has 0 bridgehead atoms. The fourth-order valence-corrected chi connectivity index (χ4v) is 2.81. The summed E-state index contributed by atoms with van der Waals surface area (Å²) in [6.07, 6.45) is 2.86. The van der Waals surface area contributed by atoms with Crippen LogP contribution in [0.25, 0.3) is 0 Å². The summed E-state index contributed by atoms with van der Waals surface area (Å²) in [5, 5.41) is 6.24. The molecule has 1 heterocycles. The Morgan fingerprint density at radius 1 is 0.923 bits per heavy atom. The number of carbonyl (C=O) groups is 1. The molecule has 0 saturated carbocycles. The van der Waals surface area contributed by atoms with E-state index in [1.807, 2.05) is 48.5 Å². The molecular weight excluding hydrogens is 322 g/mol. The molecule has 4 heteroatoms. The summed E-state index contributed by atoms with van der Waals surface area (Å²) in [5.74, 6) is 0.746. The number of aryl methyl sites for hydroxylation is 3. The van der Waals surface area contributed by atoms with Crippen LogP contribution in [-0.2, 0) is 11.2 Å². The van der Waals surface area contributed by atoms with Gasteiger partial charge in [0.2, 0.25) is 5.91 Å². The summed E-state index contributed by atoms with van der Waals surface area (Å²) < 4.78 is 0. The fraction of sp³-hybridized carbons (Fsp3) is 0.182. The first-order valence-corrected chi connectivity index (χ1v) is 8.75. The minimum Gasteiger partial charge on any atom is -0.340 e. The predicted molar refractivity (Wildman–Crippen MR) is 107 cm³/mol. The van der Waals surface area contributed by atoms with Crippen molar-refractivity contribution in [2.45, 2.75) is 26.7 Å². The Morgan fingerprint density at radius 3 is 2.31 bits per heavy atom. The van der Waals surface area contributed by atoms with Gasteiger partial charge < -0.3 is 10.6 Å². The van der Waals surface area contributed by atoms with Crippen LogP contribution in [0, 0.1) is 13.8 Å². The smallest absolute Gasteiger partial charge is 0.224 e. The zero-order valence-corrected chi connectivity index (χ0v) is 15.1. The maximum absolute atomic E-state index is 12.1. The molecule has 0 unspecified atom stereocenters. The lowest BCUT2D eigenvalue weighted by atomic mass is 10.1. The number of rotatable bonds is 6. The standard InChI is InChI=1S/C22H23N3O/c1-16-7-6-8-17(2)22(16)25-20-13-12-19(15-23-20)24-21(26)14-11-18-9-4-3-5-10-18/h3-10,12-13,15H,11,14H2,1-2H3,(H,23,25)(H,24,26). The van der Waals surface area contributed by atoms with Gasteiger partial charge in [0, 0.05) is 12.1 Å². The van der Waals surface area contributed by atoms with E-state index in [0.717, 1.165) is 23.5 Å². The Balaban J connectivity index is 1.56. The fourth-order valence-electron chi connectivity index (χ4n) is 2.81. The van der Waals surface area contributed by atoms with Crippen molar-refractivity contribution < 1.29 is 4.79 Å². The van der Waals surface area contributed by atoms with Gasteiger partial charge in [0.15, 0.2) is 0 Å². The first-order chi connectivity index (χ1) is 12.6. The van der Waals surface area contributed by atoms with Gasteiger partial charge in [-0.15, -0.1) is 0 Å². The molecule has 4 nitrogen and oxygen atoms in total. The van der Waals surface area contributed by atoms with Crippen molar-refractivity contribution in [2.24, 2.45) is 0 Å². The number of pyridine rings is 1. The molecule has 26 heavy (non-hydrogen) atoms. The number of anilines is 3. The van der Waals surface area contributed by atoms with Gasteiger partial charge >= 0.3 is 0 Å². The topological polar surface area (TPSA) is 54.0 Å². The van der Waals surface area contributed by atoms with Crippen molar-refractivity contribution in [1.29, 1.82) is 0 Å². The lowest BCUT2D eigenvalue weighted by Gasteiger charge is -2.12. The number of hydrogen-bond donors (Lipinski definition) is 2. The maximum Gasteiger partial charge on any atom is 0.224 e. The largest absolute Gasteiger partial charge is 0.340 e. The summed E-state index contributed by atoms with van der Waals surface area (Å²) in [4.78, 5) is 16.5. The highest BCUT2D eigenvalue weighted by molar-refractivity contribution is 5.90. The van der Waals surface area contributed by atoms with E-state index < -0.39 is 0 Å². The van der Waals surface area contributed by atoms with E-state index in [-0.39, 0.29) is 5.91 Å². The maximum atomic E-state index is 12.1. The molecular formula is C22H23N3O. The Morgan fingerprint density at radius 2 is 1.65 bits per heavy atom. The highest BCUT2D eigenvalue weighted by atomic mass is 16.1. The third-order valence-electron chi connectivity index (χ3n) is 4.26. The van der Waals surface area contributed by atoms with Crippen molar-refractivity contribution in [3.05, 3.63) is 83.6 Å². The molecule has 0 aliphatic rings. The van der Waals surface area contributed by atoms with Crippen molar-refractivity contribution in [1.82, 2.24) is 4.98 Å². The molecule has 3 aromatic rings. The lowest BCUT2D eigenvalue weighted by molar-refractivity contribution is -0.116. The summed E-state index contributed by atoms with van der Waals surface area (Å²) in [5.41, 5.74) is 5.28. The van der Waals surface area contributed by atoms with E-state index in [2.05, 4.69) is 41.6 Å². The number of hydrogen-bond acceptors (Lipinski definition) is 3. The van der Waals surface area contributed by atoms with Crippen LogP contribution in [0.3, 0.4) is 0 Å². The van der Waals surface area contributed by atoms with Crippen LogP contribution >= 0.6 is 0 Å². The minimum absolute atomic E-state index is 0.00823. The summed E-state index contributed by atoms with van der Waals surface area (Å²) >= 11 is 0. The molecule has 0 atom stereocenters. The van der Waals surface area contributed by atoms with Crippen LogP contribution in [0.4, 0.5) is 17.2 Å². The second-order valence-electron chi connectivity index (χ2n) is 6.36. The van der Waals surface area contributed by atoms with Crippen LogP contribution < -0.4 is 10.6 Å². The van der Waals surface area contributed by atoms with E-state index >= 15 is 0 Å². The van der Waals surface area contributed by atoms with Crippen molar-refractivity contribution in [2.75, 3.05) is 10.6 Å². The third-order valence-corrected chi connectivity index (χ3v) is 4.26. The molecule has 1 aromatic heterocycles. The predicted octanol–water partition coefficient (Wildman–Crippen LogP) is 5.01. The quantitative estimate of drug-likeness (QED) is 0.660. The van der Waals surface area contributed by atoms with Crippen LogP contribution in [0.2, 0.25) is 0 Å². The Labute approximate surface area is 154 Å². The molecule has 0 aliphatic heterocycles. The summed E-state index contributed by atoms with van der Waals surface area (Å²) in [6, 6.07) is 19.9. The Kier molecular flexibility index (Phi) is 5.64. The first-order valence-electron chi connectivity index (χ1n) is 8.75. The van der Waals surface area contributed by atoms with Gasteiger partial charge in [0.05, 0.1) is 11.9 Å². The average Bonchev–Trinajstić information content (AvgIpc) is 2.65. The number of benzene rings is 2. The SMILES string of the molecule is Cc1cccc(C)c1Nc1ccc(NC(=O)CCc2ccccc2)cn1. The zero-order chi connectivity index (χ0) is 18.4. The monoisotopic (exact) mass is 345 g/mol. The van der Waals surface area contributed by atoms with Crippen LogP contribution in [0.15, 0.2) is 66.9 Å². The highest BCUT2D eigenvalue weighted by Crippen LogP contribution is 2.23. The van der Waals surface area contributed by atoms with Crippen molar-refractivity contribution in [3.63, 3.8) is 0 Å². The average molecular weight is 345 g/mol. The third kappa shape index (κ3) is 4.70. The van der Waals surface area contributed by atoms with Gasteiger partial charge in [0.25, 0.3) is 0 Å². The van der Waals surface area contributed by atoms with Gasteiger partial charge in [-0.3, -0.25) is 4.79 Å². The number of carbonyl (C=O) groups excluding carboxylic acids is 1. The molecule has 2 aromatic carbocycles. The number of para-hydroxylation sites is 1. The second-order valence-corrected chi connectivity index (χ2v) is 6.36. The molecule has 0 fully saturated rings. The highest BCUT2D eigenvalue weighted by Gasteiger charge is 2.06. The molecule has 0 radical (unpaired) electrons. The van der Waals surface area contributed by atoms with Crippen molar-refractivity contribution in [3.8, 4) is 0 Å². The second kappa shape index (κ2) is 8.30. The van der Waals surface area contributed by atoms with E-state index in [1.165, 1.54) is 11.1 Å². The van der Waals surface area contributed by atoms with E-state index in [4.69, 9.17) is 0 Å². The van der Waals surface area contributed by atoms with Gasteiger partial charge in [-0.1, -0.05) is 48.5 Å². The summed E-state index contributed by atoms with van der Waals surface area (Å²) in [6.45, 7) is 4.13. The summed E-state index contributed by atoms with van der Waals surface area (Å²) in [7, 11) is 0. The molecule has 1 amide bonds. The van der Waals surface area contributed by atoms with Gasteiger partial charge in [-0.2, -0.15) is 0 Å². The number of nitrogens with zero attached hydrogens (tertiary/aromatic N) is 1. The number of aromatic nitrogens is 1. The number of nitrogens with one attached hydrogen (secondary N) is 2. The molecule has 2 N–H and O–H groups in total. The van der Waals surface area contributed by atoms with Gasteiger partial charge in [-0.25, -0.2) is 4.98 Å². The molecule has 132 valence electrons. The van der Waals surface area contributed by atoms with Gasteiger partial charge in [-0.05, 0) is 49.1 Å². The molecule has 0 spiro atoms. The normalized spacial score (nSPS) is 10.4. The van der Waals surface area contributed by atoms with Crippen molar-refractivity contribution >= 4 is 23.1 Å². The Bertz CT molecular complexity index is 853. The van der Waals surface area contributed by atoms with Crippen LogP contribution in [0.1, 0.15) is 23.1 Å². The van der Waals surface area contributed by atoms with Crippen LogP contribution in [-0.4, -0.2) is 10.9 Å². The molecule has 0 aliphatic carbocycles. The molecule has 3 rings (SSSR count). The van der Waals surface area contributed by atoms with E-state index in [9.17, 15) is 4.79 Å². The van der Waals surface area contributed by atoms with Gasteiger partial charge in [0.1, 0.15) is 5.82 Å². The van der Waals surface area contributed by atoms with E-state index in [0.29, 0.717) is 12.1 Å². The number of amides is 1. The minimum atomic E-state index is -0.00823. The lowest BCUT2D eigenvalue weighted by Crippen LogP contribution is -2.12.